The third-order valence-corrected chi connectivity index (χ3v) is 4.79. The van der Waals surface area contributed by atoms with Gasteiger partial charge in [0.15, 0.2) is 0 Å². The maximum atomic E-state index is 12.8. The van der Waals surface area contributed by atoms with Gasteiger partial charge in [0.05, 0.1) is 12.5 Å². The van der Waals surface area contributed by atoms with Crippen molar-refractivity contribution < 1.29 is 19.6 Å². The molecule has 3 amide bonds. The zero-order chi connectivity index (χ0) is 21.4. The zero-order valence-corrected chi connectivity index (χ0v) is 17.1. The molecule has 1 unspecified atom stereocenters. The summed E-state index contributed by atoms with van der Waals surface area (Å²) < 4.78 is 0. The van der Waals surface area contributed by atoms with Gasteiger partial charge in [-0.25, -0.2) is 5.06 Å². The highest BCUT2D eigenvalue weighted by molar-refractivity contribution is 5.89. The molecule has 2 rings (SSSR count). The van der Waals surface area contributed by atoms with Crippen LogP contribution in [0.4, 0.5) is 0 Å². The van der Waals surface area contributed by atoms with Crippen molar-refractivity contribution in [1.82, 2.24) is 15.7 Å². The lowest BCUT2D eigenvalue weighted by atomic mass is 9.95. The van der Waals surface area contributed by atoms with Crippen LogP contribution in [0.5, 0.6) is 0 Å². The van der Waals surface area contributed by atoms with Crippen molar-refractivity contribution >= 4 is 29.0 Å². The Morgan fingerprint density at radius 3 is 2.41 bits per heavy atom. The Hall–Kier alpha value is -2.93. The molecule has 0 radical (unpaired) electrons. The second-order valence-electron chi connectivity index (χ2n) is 7.61. The average Bonchev–Trinajstić information content (AvgIpc) is 2.71. The summed E-state index contributed by atoms with van der Waals surface area (Å²) in [6.45, 7) is 3.78. The smallest absolute Gasteiger partial charge is 0.242 e. The Bertz CT molecular complexity index is 853. The number of likely N-dealkylation sites (N-methyl/N-ethyl adjacent to an activating group) is 1. The molecule has 2 aromatic rings. The van der Waals surface area contributed by atoms with Crippen LogP contribution in [0.3, 0.4) is 0 Å². The molecule has 0 spiro atoms. The van der Waals surface area contributed by atoms with Crippen LogP contribution in [-0.2, 0) is 20.8 Å². The van der Waals surface area contributed by atoms with Crippen LogP contribution in [0, 0.1) is 11.8 Å². The quantitative estimate of drug-likeness (QED) is 0.324. The lowest BCUT2D eigenvalue weighted by Crippen LogP contribution is -2.50. The third kappa shape index (κ3) is 6.57. The monoisotopic (exact) mass is 399 g/mol. The molecule has 0 heterocycles. The molecule has 0 saturated carbocycles. The molecule has 0 aromatic heterocycles. The number of fused-ring (bicyclic) bond motifs is 1. The highest BCUT2D eigenvalue weighted by Crippen LogP contribution is 2.18. The van der Waals surface area contributed by atoms with Gasteiger partial charge in [-0.3, -0.25) is 19.6 Å². The van der Waals surface area contributed by atoms with E-state index >= 15 is 0 Å². The van der Waals surface area contributed by atoms with Gasteiger partial charge in [0.25, 0.3) is 0 Å². The summed E-state index contributed by atoms with van der Waals surface area (Å²) in [5.41, 5.74) is 0.926. The molecule has 29 heavy (non-hydrogen) atoms. The Morgan fingerprint density at radius 2 is 1.79 bits per heavy atom. The van der Waals surface area contributed by atoms with Crippen LogP contribution >= 0.6 is 0 Å². The summed E-state index contributed by atoms with van der Waals surface area (Å²) in [7, 11) is 1.52. The summed E-state index contributed by atoms with van der Waals surface area (Å²) in [4.78, 5) is 36.0. The lowest BCUT2D eigenvalue weighted by Gasteiger charge is -2.24. The van der Waals surface area contributed by atoms with E-state index in [0.29, 0.717) is 17.9 Å². The highest BCUT2D eigenvalue weighted by atomic mass is 16.5. The normalized spacial score (nSPS) is 13.0. The number of nitrogens with zero attached hydrogens (tertiary/aromatic N) is 1. The van der Waals surface area contributed by atoms with Crippen molar-refractivity contribution in [3.05, 3.63) is 48.0 Å². The van der Waals surface area contributed by atoms with Gasteiger partial charge in [-0.15, -0.1) is 0 Å². The van der Waals surface area contributed by atoms with Crippen LogP contribution in [0.25, 0.3) is 10.8 Å². The van der Waals surface area contributed by atoms with Gasteiger partial charge in [-0.1, -0.05) is 56.3 Å². The van der Waals surface area contributed by atoms with Crippen molar-refractivity contribution in [2.24, 2.45) is 11.8 Å². The highest BCUT2D eigenvalue weighted by Gasteiger charge is 2.27. The second-order valence-corrected chi connectivity index (χ2v) is 7.61. The summed E-state index contributed by atoms with van der Waals surface area (Å²) in [6, 6.07) is 13.1. The second kappa shape index (κ2) is 10.6. The summed E-state index contributed by atoms with van der Waals surface area (Å²) in [5.74, 6) is -1.10. The Kier molecular flexibility index (Phi) is 8.15. The van der Waals surface area contributed by atoms with Crippen LogP contribution in [0.1, 0.15) is 25.8 Å². The minimum atomic E-state index is -0.758. The van der Waals surface area contributed by atoms with Gasteiger partial charge in [0, 0.05) is 13.5 Å². The summed E-state index contributed by atoms with van der Waals surface area (Å²) >= 11 is 0. The Labute approximate surface area is 171 Å². The molecular formula is C22H29N3O4. The fraction of sp³-hybridized carbons (Fsp3) is 0.409. The van der Waals surface area contributed by atoms with Crippen molar-refractivity contribution in [2.75, 3.05) is 13.6 Å². The van der Waals surface area contributed by atoms with Crippen LogP contribution in [-0.4, -0.2) is 48.1 Å². The lowest BCUT2D eigenvalue weighted by molar-refractivity contribution is -0.155. The summed E-state index contributed by atoms with van der Waals surface area (Å²) in [5, 5.41) is 17.5. The first-order valence-corrected chi connectivity index (χ1v) is 9.74. The van der Waals surface area contributed by atoms with E-state index in [1.165, 1.54) is 7.05 Å². The van der Waals surface area contributed by atoms with Crippen molar-refractivity contribution in [1.29, 1.82) is 0 Å². The van der Waals surface area contributed by atoms with Gasteiger partial charge < -0.3 is 10.6 Å². The molecule has 0 aliphatic rings. The molecule has 2 aromatic carbocycles. The van der Waals surface area contributed by atoms with Crippen LogP contribution < -0.4 is 10.6 Å². The standard InChI is InChI=1S/C22H29N3O4/c1-15(2)10-19(13-25(29)14-26)21(27)24-20(22(28)23-3)12-16-8-9-17-6-4-5-7-18(17)11-16/h4-9,11,14-15,19-20,29H,10,12-13H2,1-3H3,(H,23,28)(H,24,27)/t19?,20-/m0/s1. The van der Waals surface area contributed by atoms with E-state index in [4.69, 9.17) is 0 Å². The molecule has 7 heteroatoms. The fourth-order valence-electron chi connectivity index (χ4n) is 3.38. The fourth-order valence-corrected chi connectivity index (χ4v) is 3.38. The molecule has 0 fully saturated rings. The number of benzene rings is 2. The first kappa shape index (κ1) is 22.4. The molecule has 0 saturated heterocycles. The summed E-state index contributed by atoms with van der Waals surface area (Å²) in [6.07, 6.45) is 1.08. The van der Waals surface area contributed by atoms with Gasteiger partial charge in [-0.05, 0) is 28.7 Å². The zero-order valence-electron chi connectivity index (χ0n) is 17.1. The van der Waals surface area contributed by atoms with E-state index < -0.39 is 12.0 Å². The molecule has 7 nitrogen and oxygen atoms in total. The van der Waals surface area contributed by atoms with Crippen molar-refractivity contribution in [3.8, 4) is 0 Å². The largest absolute Gasteiger partial charge is 0.357 e. The first-order chi connectivity index (χ1) is 13.8. The first-order valence-electron chi connectivity index (χ1n) is 9.74. The number of hydroxylamine groups is 2. The van der Waals surface area contributed by atoms with Gasteiger partial charge in [-0.2, -0.15) is 0 Å². The number of hydrogen-bond donors (Lipinski definition) is 3. The van der Waals surface area contributed by atoms with E-state index in [2.05, 4.69) is 10.6 Å². The Morgan fingerprint density at radius 1 is 1.10 bits per heavy atom. The number of nitrogens with one attached hydrogen (secondary N) is 2. The Balaban J connectivity index is 2.18. The SMILES string of the molecule is CNC(=O)[C@H](Cc1ccc2ccccc2c1)NC(=O)C(CC(C)C)CN(O)C=O. The molecule has 3 N–H and O–H groups in total. The maximum Gasteiger partial charge on any atom is 0.242 e. The minimum absolute atomic E-state index is 0.121. The molecule has 2 atom stereocenters. The predicted molar refractivity (Wildman–Crippen MR) is 111 cm³/mol. The number of amides is 3. The number of hydrogen-bond acceptors (Lipinski definition) is 4. The molecular weight excluding hydrogens is 370 g/mol. The maximum absolute atomic E-state index is 12.8. The molecule has 0 bridgehead atoms. The number of carbonyl (C=O) groups excluding carboxylic acids is 3. The molecule has 0 aliphatic heterocycles. The van der Waals surface area contributed by atoms with Gasteiger partial charge in [0.2, 0.25) is 18.2 Å². The minimum Gasteiger partial charge on any atom is -0.357 e. The number of rotatable bonds is 10. The average molecular weight is 399 g/mol. The number of carbonyl (C=O) groups is 3. The van der Waals surface area contributed by atoms with Crippen molar-refractivity contribution in [2.45, 2.75) is 32.7 Å². The van der Waals surface area contributed by atoms with E-state index in [1.807, 2.05) is 56.3 Å². The third-order valence-electron chi connectivity index (χ3n) is 4.79. The van der Waals surface area contributed by atoms with Crippen LogP contribution in [0.15, 0.2) is 42.5 Å². The van der Waals surface area contributed by atoms with Gasteiger partial charge in [0.1, 0.15) is 6.04 Å². The van der Waals surface area contributed by atoms with Gasteiger partial charge >= 0.3 is 0 Å². The van der Waals surface area contributed by atoms with E-state index in [1.54, 1.807) is 0 Å². The topological polar surface area (TPSA) is 98.7 Å². The van der Waals surface area contributed by atoms with E-state index in [0.717, 1.165) is 16.3 Å². The van der Waals surface area contributed by atoms with Crippen molar-refractivity contribution in [3.63, 3.8) is 0 Å². The predicted octanol–water partition coefficient (Wildman–Crippen LogP) is 2.12. The van der Waals surface area contributed by atoms with Crippen LogP contribution in [0.2, 0.25) is 0 Å². The molecule has 0 aliphatic carbocycles. The molecule has 156 valence electrons. The van der Waals surface area contributed by atoms with E-state index in [-0.39, 0.29) is 30.7 Å². The van der Waals surface area contributed by atoms with E-state index in [9.17, 15) is 19.6 Å².